The van der Waals surface area contributed by atoms with Crippen LogP contribution in [0.15, 0.2) is 16.8 Å². The van der Waals surface area contributed by atoms with Gasteiger partial charge in [-0.25, -0.2) is 4.99 Å². The van der Waals surface area contributed by atoms with Crippen LogP contribution >= 0.6 is 0 Å². The number of allylic oxidation sites excluding steroid dienone is 1. The fraction of sp³-hybridized carbons (Fsp3) is 0.333. The third-order valence-corrected chi connectivity index (χ3v) is 1.21. The summed E-state index contributed by atoms with van der Waals surface area (Å²) in [5, 5.41) is 0. The monoisotopic (exact) mass is 124 g/mol. The highest BCUT2D eigenvalue weighted by Gasteiger charge is 2.09. The molecule has 1 rings (SSSR count). The topological polar surface area (TPSA) is 55.4 Å². The van der Waals surface area contributed by atoms with E-state index >= 15 is 0 Å². The van der Waals surface area contributed by atoms with E-state index in [1.165, 1.54) is 6.20 Å². The van der Waals surface area contributed by atoms with Gasteiger partial charge in [0.25, 0.3) is 0 Å². The van der Waals surface area contributed by atoms with E-state index in [9.17, 15) is 4.79 Å². The Bertz CT molecular complexity index is 203. The zero-order chi connectivity index (χ0) is 6.85. The minimum atomic E-state index is 0.0718. The Morgan fingerprint density at radius 3 is 2.89 bits per heavy atom. The molecule has 9 heavy (non-hydrogen) atoms. The molecule has 0 spiro atoms. The summed E-state index contributed by atoms with van der Waals surface area (Å²) in [6, 6.07) is 0. The van der Waals surface area contributed by atoms with Crippen LogP contribution in [-0.2, 0) is 4.79 Å². The van der Waals surface area contributed by atoms with Crippen LogP contribution in [0.25, 0.3) is 0 Å². The van der Waals surface area contributed by atoms with Crippen molar-refractivity contribution in [1.82, 2.24) is 0 Å². The van der Waals surface area contributed by atoms with Crippen LogP contribution in [0.2, 0.25) is 0 Å². The zero-order valence-corrected chi connectivity index (χ0v) is 5.22. The third kappa shape index (κ3) is 1.16. The number of ketones is 1. The smallest absolute Gasteiger partial charge is 0.167 e. The van der Waals surface area contributed by atoms with Gasteiger partial charge in [0.05, 0.1) is 6.42 Å². The third-order valence-electron chi connectivity index (χ3n) is 1.21. The van der Waals surface area contributed by atoms with Crippen LogP contribution < -0.4 is 5.73 Å². The van der Waals surface area contributed by atoms with Crippen LogP contribution in [0.5, 0.6) is 0 Å². The zero-order valence-electron chi connectivity index (χ0n) is 5.22. The first kappa shape index (κ1) is 6.01. The normalized spacial score (nSPS) is 19.0. The molecule has 0 aromatic carbocycles. The Kier molecular flexibility index (Phi) is 1.34. The van der Waals surface area contributed by atoms with Gasteiger partial charge in [-0.2, -0.15) is 0 Å². The molecule has 0 fully saturated rings. The number of carbonyl (C=O) groups excluding carboxylic acids is 1. The minimum absolute atomic E-state index is 0.0718. The van der Waals surface area contributed by atoms with E-state index < -0.39 is 0 Å². The van der Waals surface area contributed by atoms with E-state index in [1.807, 2.05) is 0 Å². The molecule has 0 aromatic heterocycles. The lowest BCUT2D eigenvalue weighted by Gasteiger charge is -2.03. The fourth-order valence-corrected chi connectivity index (χ4v) is 0.601. The molecule has 2 N–H and O–H groups in total. The second kappa shape index (κ2) is 2.01. The molecule has 1 aliphatic heterocycles. The summed E-state index contributed by atoms with van der Waals surface area (Å²) in [5.41, 5.74) is 5.96. The Morgan fingerprint density at radius 2 is 2.44 bits per heavy atom. The van der Waals surface area contributed by atoms with Crippen molar-refractivity contribution in [3.8, 4) is 0 Å². The highest BCUT2D eigenvalue weighted by Crippen LogP contribution is 2.04. The van der Waals surface area contributed by atoms with Crippen LogP contribution in [0.4, 0.5) is 0 Å². The number of nitrogens with zero attached hydrogens (tertiary/aromatic N) is 1. The van der Waals surface area contributed by atoms with Gasteiger partial charge in [0.1, 0.15) is 5.84 Å². The summed E-state index contributed by atoms with van der Waals surface area (Å²) in [4.78, 5) is 14.5. The molecule has 0 atom stereocenters. The van der Waals surface area contributed by atoms with Gasteiger partial charge < -0.3 is 5.73 Å². The Balaban J connectivity index is 2.86. The van der Waals surface area contributed by atoms with E-state index in [0.717, 1.165) is 0 Å². The summed E-state index contributed by atoms with van der Waals surface area (Å²) in [6.45, 7) is 1.73. The van der Waals surface area contributed by atoms with Crippen LogP contribution in [0.3, 0.4) is 0 Å². The molecule has 1 aliphatic rings. The number of amidine groups is 1. The average Bonchev–Trinajstić information content (AvgIpc) is 1.80. The number of rotatable bonds is 0. The highest BCUT2D eigenvalue weighted by molar-refractivity contribution is 6.09. The van der Waals surface area contributed by atoms with E-state index in [-0.39, 0.29) is 12.2 Å². The average molecular weight is 124 g/mol. The van der Waals surface area contributed by atoms with E-state index in [4.69, 9.17) is 5.73 Å². The van der Waals surface area contributed by atoms with Crippen molar-refractivity contribution in [2.75, 3.05) is 0 Å². The molecular formula is C6H8N2O. The SMILES string of the molecule is CC1=CN=C(N)CC1=O. The second-order valence-corrected chi connectivity index (χ2v) is 2.03. The van der Waals surface area contributed by atoms with Crippen molar-refractivity contribution < 1.29 is 4.79 Å². The molecule has 3 heteroatoms. The molecule has 0 unspecified atom stereocenters. The first-order chi connectivity index (χ1) is 4.20. The number of aliphatic imine (C=N–C) groups is 1. The van der Waals surface area contributed by atoms with Crippen LogP contribution in [0, 0.1) is 0 Å². The van der Waals surface area contributed by atoms with Gasteiger partial charge in [0.15, 0.2) is 5.78 Å². The largest absolute Gasteiger partial charge is 0.387 e. The fourth-order valence-electron chi connectivity index (χ4n) is 0.601. The van der Waals surface area contributed by atoms with Crippen LogP contribution in [-0.4, -0.2) is 11.6 Å². The van der Waals surface area contributed by atoms with Gasteiger partial charge in [-0.15, -0.1) is 0 Å². The van der Waals surface area contributed by atoms with Gasteiger partial charge in [-0.3, -0.25) is 4.79 Å². The predicted octanol–water partition coefficient (Wildman–Crippen LogP) is 0.220. The van der Waals surface area contributed by atoms with Crippen molar-refractivity contribution in [2.24, 2.45) is 10.7 Å². The van der Waals surface area contributed by atoms with E-state index in [2.05, 4.69) is 4.99 Å². The highest BCUT2D eigenvalue weighted by atomic mass is 16.1. The van der Waals surface area contributed by atoms with Crippen molar-refractivity contribution in [3.63, 3.8) is 0 Å². The maximum absolute atomic E-state index is 10.8. The molecule has 0 saturated heterocycles. The Labute approximate surface area is 53.3 Å². The number of carbonyl (C=O) groups is 1. The lowest BCUT2D eigenvalue weighted by Crippen LogP contribution is -2.19. The van der Waals surface area contributed by atoms with Crippen molar-refractivity contribution in [1.29, 1.82) is 0 Å². The Morgan fingerprint density at radius 1 is 1.78 bits per heavy atom. The molecule has 3 nitrogen and oxygen atoms in total. The van der Waals surface area contributed by atoms with Gasteiger partial charge in [-0.1, -0.05) is 0 Å². The van der Waals surface area contributed by atoms with Crippen molar-refractivity contribution in [2.45, 2.75) is 13.3 Å². The molecular weight excluding hydrogens is 116 g/mol. The number of hydrogen-bond acceptors (Lipinski definition) is 3. The summed E-state index contributed by atoms with van der Waals surface area (Å²) in [5.74, 6) is 0.480. The number of Topliss-reactive ketones (excluding diaryl/α,β-unsaturated/α-hetero) is 1. The Hall–Kier alpha value is -1.12. The summed E-state index contributed by atoms with van der Waals surface area (Å²) < 4.78 is 0. The molecule has 1 heterocycles. The predicted molar refractivity (Wildman–Crippen MR) is 35.0 cm³/mol. The van der Waals surface area contributed by atoms with Gasteiger partial charge in [0, 0.05) is 11.8 Å². The standard InChI is InChI=1S/C6H8N2O/c1-4-3-8-6(7)2-5(4)9/h3H,2H2,1H3,(H2,7,8). The van der Waals surface area contributed by atoms with Crippen molar-refractivity contribution in [3.05, 3.63) is 11.8 Å². The van der Waals surface area contributed by atoms with Gasteiger partial charge in [0.2, 0.25) is 0 Å². The van der Waals surface area contributed by atoms with E-state index in [0.29, 0.717) is 11.4 Å². The maximum Gasteiger partial charge on any atom is 0.167 e. The first-order valence-corrected chi connectivity index (χ1v) is 2.72. The summed E-state index contributed by atoms with van der Waals surface area (Å²) in [6.07, 6.45) is 1.78. The molecule has 48 valence electrons. The van der Waals surface area contributed by atoms with Crippen molar-refractivity contribution >= 4 is 11.6 Å². The second-order valence-electron chi connectivity index (χ2n) is 2.03. The molecule has 0 bridgehead atoms. The maximum atomic E-state index is 10.8. The molecule has 0 saturated carbocycles. The molecule has 0 radical (unpaired) electrons. The lowest BCUT2D eigenvalue weighted by atomic mass is 10.1. The first-order valence-electron chi connectivity index (χ1n) is 2.72. The number of nitrogens with two attached hydrogens (primary N) is 1. The number of hydrogen-bond donors (Lipinski definition) is 1. The van der Waals surface area contributed by atoms with Gasteiger partial charge >= 0.3 is 0 Å². The minimum Gasteiger partial charge on any atom is -0.387 e. The lowest BCUT2D eigenvalue weighted by molar-refractivity contribution is -0.114. The molecule has 0 aliphatic carbocycles. The molecule has 0 aromatic rings. The van der Waals surface area contributed by atoms with Gasteiger partial charge in [-0.05, 0) is 6.92 Å². The summed E-state index contributed by atoms with van der Waals surface area (Å²) in [7, 11) is 0. The summed E-state index contributed by atoms with van der Waals surface area (Å²) >= 11 is 0. The van der Waals surface area contributed by atoms with E-state index in [1.54, 1.807) is 6.92 Å². The molecule has 0 amide bonds. The van der Waals surface area contributed by atoms with Crippen LogP contribution in [0.1, 0.15) is 13.3 Å². The quantitative estimate of drug-likeness (QED) is 0.502.